The number of hydrogen-bond acceptors (Lipinski definition) is 2. The van der Waals surface area contributed by atoms with Gasteiger partial charge in [-0.15, -0.1) is 0 Å². The van der Waals surface area contributed by atoms with E-state index in [0.29, 0.717) is 12.5 Å². The molecule has 0 amide bonds. The first-order valence-corrected chi connectivity index (χ1v) is 6.42. The largest absolute Gasteiger partial charge is 0.377 e. The van der Waals surface area contributed by atoms with E-state index in [2.05, 4.69) is 17.1 Å². The van der Waals surface area contributed by atoms with Crippen LogP contribution in [-0.4, -0.2) is 11.6 Å². The van der Waals surface area contributed by atoms with Crippen molar-refractivity contribution in [3.63, 3.8) is 0 Å². The van der Waals surface area contributed by atoms with Crippen LogP contribution in [0, 0.1) is 0 Å². The maximum atomic E-state index is 5.36. The first kappa shape index (κ1) is 11.6. The molecule has 0 saturated heterocycles. The summed E-state index contributed by atoms with van der Waals surface area (Å²) in [4.78, 5) is 4.58. The zero-order valence-corrected chi connectivity index (χ0v) is 10.1. The van der Waals surface area contributed by atoms with Gasteiger partial charge in [-0.2, -0.15) is 0 Å². The van der Waals surface area contributed by atoms with Gasteiger partial charge in [0.05, 0.1) is 6.61 Å². The average molecular weight is 219 g/mol. The molecule has 1 heterocycles. The molecule has 1 saturated carbocycles. The molecule has 2 heteroatoms. The first-order chi connectivity index (χ1) is 7.90. The Hall–Kier alpha value is -0.890. The second-order valence-corrected chi connectivity index (χ2v) is 4.56. The Labute approximate surface area is 98.0 Å². The van der Waals surface area contributed by atoms with Gasteiger partial charge < -0.3 is 4.74 Å². The minimum Gasteiger partial charge on any atom is -0.377 e. The van der Waals surface area contributed by atoms with Crippen LogP contribution < -0.4 is 0 Å². The predicted molar refractivity (Wildman–Crippen MR) is 65.4 cm³/mol. The highest BCUT2D eigenvalue weighted by Gasteiger charge is 2.16. The van der Waals surface area contributed by atoms with E-state index in [1.807, 2.05) is 13.1 Å². The summed E-state index contributed by atoms with van der Waals surface area (Å²) >= 11 is 0. The van der Waals surface area contributed by atoms with E-state index in [4.69, 9.17) is 4.74 Å². The quantitative estimate of drug-likeness (QED) is 0.771. The Morgan fingerprint density at radius 2 is 2.06 bits per heavy atom. The zero-order valence-electron chi connectivity index (χ0n) is 10.1. The predicted octanol–water partition coefficient (Wildman–Crippen LogP) is 3.67. The summed E-state index contributed by atoms with van der Waals surface area (Å²) in [6.45, 7) is 3.47. The second kappa shape index (κ2) is 6.00. The number of rotatable bonds is 4. The molecule has 2 rings (SSSR count). The summed E-state index contributed by atoms with van der Waals surface area (Å²) in [6.07, 6.45) is 8.74. The average Bonchev–Trinajstić information content (AvgIpc) is 2.38. The van der Waals surface area contributed by atoms with Crippen LogP contribution in [0.5, 0.6) is 0 Å². The van der Waals surface area contributed by atoms with Crippen molar-refractivity contribution >= 4 is 0 Å². The number of nitrogens with zero attached hydrogens (tertiary/aromatic N) is 1. The molecule has 1 aliphatic carbocycles. The molecule has 0 aliphatic heterocycles. The molecule has 0 spiro atoms. The lowest BCUT2D eigenvalue weighted by Crippen LogP contribution is -2.06. The third-order valence-corrected chi connectivity index (χ3v) is 3.34. The van der Waals surface area contributed by atoms with Crippen LogP contribution in [0.3, 0.4) is 0 Å². The van der Waals surface area contributed by atoms with Gasteiger partial charge in [0.25, 0.3) is 0 Å². The fourth-order valence-electron chi connectivity index (χ4n) is 2.38. The topological polar surface area (TPSA) is 22.1 Å². The third-order valence-electron chi connectivity index (χ3n) is 3.34. The molecule has 0 bridgehead atoms. The lowest BCUT2D eigenvalue weighted by molar-refractivity contribution is 0.134. The highest BCUT2D eigenvalue weighted by molar-refractivity contribution is 5.16. The van der Waals surface area contributed by atoms with Gasteiger partial charge in [0.15, 0.2) is 0 Å². The molecule has 0 N–H and O–H groups in total. The van der Waals surface area contributed by atoms with Gasteiger partial charge in [0, 0.05) is 24.4 Å². The van der Waals surface area contributed by atoms with Crippen molar-refractivity contribution in [3.8, 4) is 0 Å². The van der Waals surface area contributed by atoms with Crippen molar-refractivity contribution in [3.05, 3.63) is 29.6 Å². The monoisotopic (exact) mass is 219 g/mol. The van der Waals surface area contributed by atoms with E-state index in [0.717, 1.165) is 6.61 Å². The lowest BCUT2D eigenvalue weighted by atomic mass is 9.86. The summed E-state index contributed by atoms with van der Waals surface area (Å²) in [5.41, 5.74) is 2.46. The third kappa shape index (κ3) is 3.05. The molecule has 88 valence electrons. The van der Waals surface area contributed by atoms with Crippen molar-refractivity contribution < 1.29 is 4.74 Å². The summed E-state index contributed by atoms with van der Waals surface area (Å²) in [6, 6.07) is 4.34. The maximum absolute atomic E-state index is 5.36. The maximum Gasteiger partial charge on any atom is 0.0731 e. The number of hydrogen-bond donors (Lipinski definition) is 0. The van der Waals surface area contributed by atoms with Gasteiger partial charge in [0.1, 0.15) is 0 Å². The van der Waals surface area contributed by atoms with E-state index >= 15 is 0 Å². The number of pyridine rings is 1. The molecule has 1 aliphatic rings. The summed E-state index contributed by atoms with van der Waals surface area (Å²) < 4.78 is 5.36. The molecular formula is C14H21NO. The van der Waals surface area contributed by atoms with Gasteiger partial charge in [-0.3, -0.25) is 4.98 Å². The molecule has 2 nitrogen and oxygen atoms in total. The second-order valence-electron chi connectivity index (χ2n) is 4.56. The molecule has 16 heavy (non-hydrogen) atoms. The molecule has 1 fully saturated rings. The van der Waals surface area contributed by atoms with Crippen LogP contribution in [0.2, 0.25) is 0 Å². The van der Waals surface area contributed by atoms with E-state index in [1.54, 1.807) is 0 Å². The number of aromatic nitrogens is 1. The molecular weight excluding hydrogens is 198 g/mol. The smallest absolute Gasteiger partial charge is 0.0731 e. The zero-order chi connectivity index (χ0) is 11.2. The van der Waals surface area contributed by atoms with E-state index in [9.17, 15) is 0 Å². The normalized spacial score (nSPS) is 17.6. The van der Waals surface area contributed by atoms with Gasteiger partial charge in [-0.25, -0.2) is 0 Å². The summed E-state index contributed by atoms with van der Waals surface area (Å²) in [5, 5.41) is 0. The van der Waals surface area contributed by atoms with Crippen molar-refractivity contribution in [2.75, 3.05) is 6.61 Å². The SMILES string of the molecule is CCOCc1ccc(C2CCCCC2)nc1. The molecule has 0 atom stereocenters. The summed E-state index contributed by atoms with van der Waals surface area (Å²) in [5.74, 6) is 0.704. The van der Waals surface area contributed by atoms with Crippen LogP contribution in [0.1, 0.15) is 56.2 Å². The van der Waals surface area contributed by atoms with Crippen LogP contribution >= 0.6 is 0 Å². The standard InChI is InChI=1S/C14H21NO/c1-2-16-11-12-8-9-14(15-10-12)13-6-4-3-5-7-13/h8-10,13H,2-7,11H2,1H3. The Kier molecular flexibility index (Phi) is 4.34. The fourth-order valence-corrected chi connectivity index (χ4v) is 2.38. The Bertz CT molecular complexity index is 301. The van der Waals surface area contributed by atoms with E-state index in [-0.39, 0.29) is 0 Å². The van der Waals surface area contributed by atoms with Crippen LogP contribution in [0.25, 0.3) is 0 Å². The van der Waals surface area contributed by atoms with Gasteiger partial charge in [0.2, 0.25) is 0 Å². The minimum atomic E-state index is 0.689. The van der Waals surface area contributed by atoms with Crippen molar-refractivity contribution in [1.82, 2.24) is 4.98 Å². The van der Waals surface area contributed by atoms with Crippen molar-refractivity contribution in [2.45, 2.75) is 51.6 Å². The first-order valence-electron chi connectivity index (χ1n) is 6.42. The Morgan fingerprint density at radius 1 is 1.25 bits per heavy atom. The lowest BCUT2D eigenvalue weighted by Gasteiger charge is -2.21. The molecule has 1 aromatic heterocycles. The number of ether oxygens (including phenoxy) is 1. The van der Waals surface area contributed by atoms with Crippen molar-refractivity contribution in [1.29, 1.82) is 0 Å². The van der Waals surface area contributed by atoms with Gasteiger partial charge in [-0.1, -0.05) is 25.3 Å². The van der Waals surface area contributed by atoms with Gasteiger partial charge in [-0.05, 0) is 31.4 Å². The summed E-state index contributed by atoms with van der Waals surface area (Å²) in [7, 11) is 0. The van der Waals surface area contributed by atoms with Gasteiger partial charge >= 0.3 is 0 Å². The Morgan fingerprint density at radius 3 is 2.69 bits per heavy atom. The van der Waals surface area contributed by atoms with E-state index in [1.165, 1.54) is 43.4 Å². The molecule has 1 aromatic rings. The van der Waals surface area contributed by atoms with Crippen LogP contribution in [0.15, 0.2) is 18.3 Å². The highest BCUT2D eigenvalue weighted by atomic mass is 16.5. The van der Waals surface area contributed by atoms with Crippen LogP contribution in [0.4, 0.5) is 0 Å². The van der Waals surface area contributed by atoms with Crippen LogP contribution in [-0.2, 0) is 11.3 Å². The Balaban J connectivity index is 1.95. The van der Waals surface area contributed by atoms with Crippen molar-refractivity contribution in [2.24, 2.45) is 0 Å². The fraction of sp³-hybridized carbons (Fsp3) is 0.643. The molecule has 0 unspecified atom stereocenters. The molecule has 0 radical (unpaired) electrons. The highest BCUT2D eigenvalue weighted by Crippen LogP contribution is 2.31. The minimum absolute atomic E-state index is 0.689. The van der Waals surface area contributed by atoms with E-state index < -0.39 is 0 Å². The molecule has 0 aromatic carbocycles.